The number of hydrogen-bond donors (Lipinski definition) is 2. The predicted molar refractivity (Wildman–Crippen MR) is 81.2 cm³/mol. The first-order valence-electron chi connectivity index (χ1n) is 6.61. The molecule has 0 saturated carbocycles. The Labute approximate surface area is 122 Å². The number of carbonyl (C=O) groups is 1. The van der Waals surface area contributed by atoms with Crippen LogP contribution in [0.3, 0.4) is 0 Å². The second-order valence-corrected chi connectivity index (χ2v) is 4.57. The third-order valence-corrected chi connectivity index (χ3v) is 3.07. The van der Waals surface area contributed by atoms with Gasteiger partial charge in [-0.15, -0.1) is 0 Å². The number of hydrogen-bond acceptors (Lipinski definition) is 4. The number of benzene rings is 2. The summed E-state index contributed by atoms with van der Waals surface area (Å²) in [6.45, 7) is 3.86. The molecular weight excluding hydrogens is 271 g/mol. The highest BCUT2D eigenvalue weighted by atomic mass is 19.1. The minimum absolute atomic E-state index is 0.277. The standard InChI is InChI=1S/C16H17FN2O2/c1-3-21-16(20)12-5-4-6-13(15(12)18)19-14-9-11(17)8-7-10(14)2/h4-9,19H,3,18H2,1-2H3. The Balaban J connectivity index is 2.35. The molecule has 0 spiro atoms. The number of esters is 1. The van der Waals surface area contributed by atoms with Crippen molar-refractivity contribution in [3.8, 4) is 0 Å². The molecule has 5 heteroatoms. The fourth-order valence-electron chi connectivity index (χ4n) is 1.94. The van der Waals surface area contributed by atoms with Crippen molar-refractivity contribution in [1.29, 1.82) is 0 Å². The number of halogens is 1. The molecule has 0 fully saturated rings. The number of para-hydroxylation sites is 1. The molecule has 2 aromatic carbocycles. The summed E-state index contributed by atoms with van der Waals surface area (Å²) in [4.78, 5) is 11.8. The van der Waals surface area contributed by atoms with E-state index >= 15 is 0 Å². The van der Waals surface area contributed by atoms with E-state index in [4.69, 9.17) is 10.5 Å². The van der Waals surface area contributed by atoms with E-state index in [1.807, 2.05) is 6.92 Å². The molecule has 0 bridgehead atoms. The zero-order valence-corrected chi connectivity index (χ0v) is 11.9. The first kappa shape index (κ1) is 14.8. The topological polar surface area (TPSA) is 64.3 Å². The first-order valence-corrected chi connectivity index (χ1v) is 6.61. The number of carbonyl (C=O) groups excluding carboxylic acids is 1. The molecule has 0 atom stereocenters. The molecule has 0 aliphatic heterocycles. The number of nitrogens with one attached hydrogen (secondary N) is 1. The summed E-state index contributed by atoms with van der Waals surface area (Å²) in [6, 6.07) is 9.45. The Kier molecular flexibility index (Phi) is 4.42. The largest absolute Gasteiger partial charge is 0.462 e. The van der Waals surface area contributed by atoms with Gasteiger partial charge in [0, 0.05) is 5.69 Å². The molecule has 0 saturated heterocycles. The van der Waals surface area contributed by atoms with Crippen LogP contribution in [0.15, 0.2) is 36.4 Å². The summed E-state index contributed by atoms with van der Waals surface area (Å²) in [5.74, 6) is -0.821. The lowest BCUT2D eigenvalue weighted by Crippen LogP contribution is -2.09. The maximum absolute atomic E-state index is 13.3. The van der Waals surface area contributed by atoms with Gasteiger partial charge < -0.3 is 15.8 Å². The molecule has 3 N–H and O–H groups in total. The zero-order chi connectivity index (χ0) is 15.4. The molecule has 0 heterocycles. The second-order valence-electron chi connectivity index (χ2n) is 4.57. The van der Waals surface area contributed by atoms with E-state index in [0.717, 1.165) is 5.56 Å². The van der Waals surface area contributed by atoms with Gasteiger partial charge in [0.25, 0.3) is 0 Å². The van der Waals surface area contributed by atoms with Gasteiger partial charge in [-0.05, 0) is 43.7 Å². The molecular formula is C16H17FN2O2. The summed E-state index contributed by atoms with van der Waals surface area (Å²) in [6.07, 6.45) is 0. The molecule has 0 radical (unpaired) electrons. The number of rotatable bonds is 4. The van der Waals surface area contributed by atoms with Crippen LogP contribution < -0.4 is 11.1 Å². The van der Waals surface area contributed by atoms with Crippen molar-refractivity contribution < 1.29 is 13.9 Å². The Bertz CT molecular complexity index is 671. The van der Waals surface area contributed by atoms with Crippen molar-refractivity contribution in [2.45, 2.75) is 13.8 Å². The Morgan fingerprint density at radius 2 is 2.05 bits per heavy atom. The quantitative estimate of drug-likeness (QED) is 0.666. The van der Waals surface area contributed by atoms with E-state index in [2.05, 4.69) is 5.32 Å². The van der Waals surface area contributed by atoms with Crippen LogP contribution in [0.1, 0.15) is 22.8 Å². The maximum atomic E-state index is 13.3. The molecule has 0 amide bonds. The highest BCUT2D eigenvalue weighted by Gasteiger charge is 2.14. The average molecular weight is 288 g/mol. The minimum Gasteiger partial charge on any atom is -0.462 e. The molecule has 2 rings (SSSR count). The smallest absolute Gasteiger partial charge is 0.340 e. The molecule has 21 heavy (non-hydrogen) atoms. The molecule has 2 aromatic rings. The van der Waals surface area contributed by atoms with Crippen LogP contribution in [-0.4, -0.2) is 12.6 Å². The molecule has 4 nitrogen and oxygen atoms in total. The number of nitrogen functional groups attached to an aromatic ring is 1. The Morgan fingerprint density at radius 3 is 2.76 bits per heavy atom. The molecule has 0 aliphatic carbocycles. The number of anilines is 3. The zero-order valence-electron chi connectivity index (χ0n) is 11.9. The highest BCUT2D eigenvalue weighted by molar-refractivity contribution is 5.98. The van der Waals surface area contributed by atoms with Crippen molar-refractivity contribution in [3.63, 3.8) is 0 Å². The fourth-order valence-corrected chi connectivity index (χ4v) is 1.94. The van der Waals surface area contributed by atoms with E-state index in [-0.39, 0.29) is 23.7 Å². The summed E-state index contributed by atoms with van der Waals surface area (Å²) in [5.41, 5.74) is 8.57. The fraction of sp³-hybridized carbons (Fsp3) is 0.188. The predicted octanol–water partition coefficient (Wildman–Crippen LogP) is 3.64. The van der Waals surface area contributed by atoms with Crippen LogP contribution >= 0.6 is 0 Å². The van der Waals surface area contributed by atoms with E-state index in [0.29, 0.717) is 11.4 Å². The van der Waals surface area contributed by atoms with Gasteiger partial charge in [-0.3, -0.25) is 0 Å². The minimum atomic E-state index is -0.477. The van der Waals surface area contributed by atoms with Crippen LogP contribution in [0.25, 0.3) is 0 Å². The van der Waals surface area contributed by atoms with Gasteiger partial charge in [-0.1, -0.05) is 12.1 Å². The van der Waals surface area contributed by atoms with Crippen molar-refractivity contribution in [2.75, 3.05) is 17.7 Å². The normalized spacial score (nSPS) is 10.2. The number of aryl methyl sites for hydroxylation is 1. The molecule has 0 unspecified atom stereocenters. The van der Waals surface area contributed by atoms with Crippen LogP contribution in [-0.2, 0) is 4.74 Å². The van der Waals surface area contributed by atoms with E-state index in [1.165, 1.54) is 12.1 Å². The number of ether oxygens (including phenoxy) is 1. The summed E-state index contributed by atoms with van der Waals surface area (Å²) < 4.78 is 18.3. The maximum Gasteiger partial charge on any atom is 0.340 e. The summed E-state index contributed by atoms with van der Waals surface area (Å²) in [5, 5.41) is 3.05. The van der Waals surface area contributed by atoms with Crippen LogP contribution in [0.5, 0.6) is 0 Å². The SMILES string of the molecule is CCOC(=O)c1cccc(Nc2cc(F)ccc2C)c1N. The van der Waals surface area contributed by atoms with E-state index in [1.54, 1.807) is 31.2 Å². The second kappa shape index (κ2) is 6.26. The van der Waals surface area contributed by atoms with Gasteiger partial charge in [-0.2, -0.15) is 0 Å². The third-order valence-electron chi connectivity index (χ3n) is 3.07. The van der Waals surface area contributed by atoms with Crippen molar-refractivity contribution >= 4 is 23.0 Å². The summed E-state index contributed by atoms with van der Waals surface area (Å²) in [7, 11) is 0. The van der Waals surface area contributed by atoms with Gasteiger partial charge in [0.1, 0.15) is 5.82 Å². The van der Waals surface area contributed by atoms with Crippen LogP contribution in [0.2, 0.25) is 0 Å². The van der Waals surface area contributed by atoms with Gasteiger partial charge in [0.05, 0.1) is 23.5 Å². The highest BCUT2D eigenvalue weighted by Crippen LogP contribution is 2.28. The van der Waals surface area contributed by atoms with Gasteiger partial charge >= 0.3 is 5.97 Å². The lowest BCUT2D eigenvalue weighted by atomic mass is 10.1. The number of nitrogens with two attached hydrogens (primary N) is 1. The van der Waals surface area contributed by atoms with Gasteiger partial charge in [0.2, 0.25) is 0 Å². The van der Waals surface area contributed by atoms with Crippen molar-refractivity contribution in [3.05, 3.63) is 53.3 Å². The monoisotopic (exact) mass is 288 g/mol. The van der Waals surface area contributed by atoms with Crippen molar-refractivity contribution in [2.24, 2.45) is 0 Å². The molecule has 0 aliphatic rings. The van der Waals surface area contributed by atoms with Crippen LogP contribution in [0.4, 0.5) is 21.5 Å². The molecule has 110 valence electrons. The van der Waals surface area contributed by atoms with E-state index < -0.39 is 5.97 Å². The summed E-state index contributed by atoms with van der Waals surface area (Å²) >= 11 is 0. The van der Waals surface area contributed by atoms with E-state index in [9.17, 15) is 9.18 Å². The van der Waals surface area contributed by atoms with Gasteiger partial charge in [0.15, 0.2) is 0 Å². The van der Waals surface area contributed by atoms with Crippen LogP contribution in [0, 0.1) is 12.7 Å². The van der Waals surface area contributed by atoms with Gasteiger partial charge in [-0.25, -0.2) is 9.18 Å². The lowest BCUT2D eigenvalue weighted by Gasteiger charge is -2.14. The lowest BCUT2D eigenvalue weighted by molar-refractivity contribution is 0.0527. The Hall–Kier alpha value is -2.56. The first-order chi connectivity index (χ1) is 10.0. The average Bonchev–Trinajstić information content (AvgIpc) is 2.45. The van der Waals surface area contributed by atoms with Crippen molar-refractivity contribution in [1.82, 2.24) is 0 Å². The Morgan fingerprint density at radius 1 is 1.29 bits per heavy atom. The third kappa shape index (κ3) is 3.31. The molecule has 0 aromatic heterocycles.